The molecule has 0 fully saturated rings. The number of benzene rings is 2. The van der Waals surface area contributed by atoms with Gasteiger partial charge < -0.3 is 19.8 Å². The molecule has 0 bridgehead atoms. The lowest BCUT2D eigenvalue weighted by Crippen LogP contribution is -2.31. The second kappa shape index (κ2) is 9.71. The van der Waals surface area contributed by atoms with E-state index in [0.717, 1.165) is 0 Å². The first-order valence-corrected chi connectivity index (χ1v) is 9.58. The summed E-state index contributed by atoms with van der Waals surface area (Å²) in [5, 5.41) is 5.27. The summed E-state index contributed by atoms with van der Waals surface area (Å²) in [5.74, 6) is -1.21. The van der Waals surface area contributed by atoms with Crippen LogP contribution in [0.25, 0.3) is 6.08 Å². The van der Waals surface area contributed by atoms with Crippen molar-refractivity contribution in [2.24, 2.45) is 0 Å². The van der Waals surface area contributed by atoms with Crippen LogP contribution in [0, 0.1) is 0 Å². The van der Waals surface area contributed by atoms with Gasteiger partial charge in [-0.2, -0.15) is 0 Å². The number of nitrogens with one attached hydrogen (secondary N) is 2. The van der Waals surface area contributed by atoms with Crippen LogP contribution in [0.5, 0.6) is 0 Å². The molecule has 7 nitrogen and oxygen atoms in total. The summed E-state index contributed by atoms with van der Waals surface area (Å²) >= 11 is 3.32. The average molecular weight is 469 g/mol. The minimum absolute atomic E-state index is 0.0332. The summed E-state index contributed by atoms with van der Waals surface area (Å²) in [6.45, 7) is 0. The number of anilines is 1. The van der Waals surface area contributed by atoms with E-state index in [2.05, 4.69) is 31.3 Å². The Morgan fingerprint density at radius 1 is 1.03 bits per heavy atom. The Kier molecular flexibility index (Phi) is 6.82. The molecule has 2 aromatic carbocycles. The molecule has 3 rings (SSSR count). The molecule has 0 spiro atoms. The van der Waals surface area contributed by atoms with Gasteiger partial charge in [-0.05, 0) is 58.4 Å². The SMILES string of the molecule is COC(=O)c1cccc(NC(=O)/C(=C/c2ccco2)NC(=O)c2ccccc2Br)c1. The molecule has 1 heterocycles. The molecule has 0 aliphatic heterocycles. The van der Waals surface area contributed by atoms with Gasteiger partial charge in [0, 0.05) is 16.2 Å². The summed E-state index contributed by atoms with van der Waals surface area (Å²) in [6, 6.07) is 16.4. The lowest BCUT2D eigenvalue weighted by atomic mass is 10.2. The fraction of sp³-hybridized carbons (Fsp3) is 0.0455. The van der Waals surface area contributed by atoms with Crippen LogP contribution in [0.1, 0.15) is 26.5 Å². The molecule has 2 N–H and O–H groups in total. The van der Waals surface area contributed by atoms with Crippen molar-refractivity contribution in [1.29, 1.82) is 0 Å². The van der Waals surface area contributed by atoms with Crippen LogP contribution in [-0.2, 0) is 9.53 Å². The fourth-order valence-corrected chi connectivity index (χ4v) is 3.01. The van der Waals surface area contributed by atoms with Crippen LogP contribution in [0.2, 0.25) is 0 Å². The van der Waals surface area contributed by atoms with Crippen molar-refractivity contribution >= 4 is 45.5 Å². The quantitative estimate of drug-likeness (QED) is 0.416. The highest BCUT2D eigenvalue weighted by Gasteiger charge is 2.17. The first-order chi connectivity index (χ1) is 14.5. The largest absolute Gasteiger partial charge is 0.465 e. The standard InChI is InChI=1S/C22H17BrN2O5/c1-29-22(28)14-6-4-7-15(12-14)24-21(27)19(13-16-8-5-11-30-16)25-20(26)17-9-2-3-10-18(17)23/h2-13H,1H3,(H,24,27)(H,25,26)/b19-13-. The van der Waals surface area contributed by atoms with Crippen molar-refractivity contribution in [2.75, 3.05) is 12.4 Å². The maximum atomic E-state index is 12.9. The highest BCUT2D eigenvalue weighted by atomic mass is 79.9. The van der Waals surface area contributed by atoms with E-state index in [0.29, 0.717) is 21.5 Å². The molecular formula is C22H17BrN2O5. The third kappa shape index (κ3) is 5.24. The van der Waals surface area contributed by atoms with E-state index in [-0.39, 0.29) is 11.3 Å². The number of amides is 2. The zero-order valence-electron chi connectivity index (χ0n) is 15.8. The monoisotopic (exact) mass is 468 g/mol. The van der Waals surface area contributed by atoms with Crippen molar-refractivity contribution in [2.45, 2.75) is 0 Å². The van der Waals surface area contributed by atoms with Gasteiger partial charge in [0.1, 0.15) is 11.5 Å². The highest BCUT2D eigenvalue weighted by molar-refractivity contribution is 9.10. The summed E-state index contributed by atoms with van der Waals surface area (Å²) < 4.78 is 10.5. The van der Waals surface area contributed by atoms with Gasteiger partial charge in [-0.3, -0.25) is 9.59 Å². The van der Waals surface area contributed by atoms with Gasteiger partial charge >= 0.3 is 5.97 Å². The van der Waals surface area contributed by atoms with Gasteiger partial charge in [0.05, 0.1) is 24.5 Å². The van der Waals surface area contributed by atoms with Gasteiger partial charge in [-0.15, -0.1) is 0 Å². The van der Waals surface area contributed by atoms with Crippen LogP contribution in [0.15, 0.2) is 81.5 Å². The van der Waals surface area contributed by atoms with Crippen molar-refractivity contribution in [3.8, 4) is 0 Å². The van der Waals surface area contributed by atoms with Gasteiger partial charge in [-0.25, -0.2) is 4.79 Å². The molecular weight excluding hydrogens is 452 g/mol. The molecule has 0 aliphatic rings. The van der Waals surface area contributed by atoms with E-state index < -0.39 is 17.8 Å². The van der Waals surface area contributed by atoms with E-state index in [1.807, 2.05) is 0 Å². The Morgan fingerprint density at radius 2 is 1.83 bits per heavy atom. The van der Waals surface area contributed by atoms with E-state index in [1.165, 1.54) is 25.5 Å². The number of carbonyl (C=O) groups excluding carboxylic acids is 3. The summed E-state index contributed by atoms with van der Waals surface area (Å²) in [4.78, 5) is 37.3. The van der Waals surface area contributed by atoms with Crippen molar-refractivity contribution in [3.63, 3.8) is 0 Å². The maximum Gasteiger partial charge on any atom is 0.337 e. The summed E-state index contributed by atoms with van der Waals surface area (Å²) in [6.07, 6.45) is 2.87. The molecule has 30 heavy (non-hydrogen) atoms. The van der Waals surface area contributed by atoms with Gasteiger partial charge in [0.15, 0.2) is 0 Å². The zero-order valence-corrected chi connectivity index (χ0v) is 17.4. The van der Waals surface area contributed by atoms with E-state index in [4.69, 9.17) is 4.42 Å². The third-order valence-electron chi connectivity index (χ3n) is 3.98. The molecule has 3 aromatic rings. The zero-order chi connectivity index (χ0) is 21.5. The third-order valence-corrected chi connectivity index (χ3v) is 4.67. The minimum Gasteiger partial charge on any atom is -0.465 e. The number of furan rings is 1. The summed E-state index contributed by atoms with van der Waals surface area (Å²) in [7, 11) is 1.27. The second-order valence-corrected chi connectivity index (χ2v) is 6.89. The Labute approximate surface area is 180 Å². The lowest BCUT2D eigenvalue weighted by molar-refractivity contribution is -0.113. The first-order valence-electron chi connectivity index (χ1n) is 8.78. The lowest BCUT2D eigenvalue weighted by Gasteiger charge is -2.12. The first kappa shape index (κ1) is 21.1. The van der Waals surface area contributed by atoms with Gasteiger partial charge in [0.2, 0.25) is 0 Å². The molecule has 0 aliphatic carbocycles. The summed E-state index contributed by atoms with van der Waals surface area (Å²) in [5.41, 5.74) is 0.977. The molecule has 0 unspecified atom stereocenters. The number of hydrogen-bond donors (Lipinski definition) is 2. The Morgan fingerprint density at radius 3 is 2.53 bits per heavy atom. The number of rotatable bonds is 6. The highest BCUT2D eigenvalue weighted by Crippen LogP contribution is 2.18. The molecule has 0 saturated carbocycles. The predicted octanol–water partition coefficient (Wildman–Crippen LogP) is 4.24. The maximum absolute atomic E-state index is 12.9. The van der Waals surface area contributed by atoms with E-state index in [9.17, 15) is 14.4 Å². The van der Waals surface area contributed by atoms with Crippen LogP contribution < -0.4 is 10.6 Å². The molecule has 0 atom stereocenters. The number of halogens is 1. The van der Waals surface area contributed by atoms with E-state index >= 15 is 0 Å². The Balaban J connectivity index is 1.86. The predicted molar refractivity (Wildman–Crippen MR) is 115 cm³/mol. The molecule has 2 amide bonds. The van der Waals surface area contributed by atoms with Gasteiger partial charge in [-0.1, -0.05) is 18.2 Å². The average Bonchev–Trinajstić information content (AvgIpc) is 3.26. The molecule has 0 saturated heterocycles. The number of esters is 1. The van der Waals surface area contributed by atoms with Crippen molar-refractivity contribution < 1.29 is 23.5 Å². The van der Waals surface area contributed by atoms with Crippen LogP contribution in [0.4, 0.5) is 5.69 Å². The normalized spacial score (nSPS) is 10.9. The fourth-order valence-electron chi connectivity index (χ4n) is 2.55. The second-order valence-electron chi connectivity index (χ2n) is 6.03. The van der Waals surface area contributed by atoms with Crippen molar-refractivity contribution in [1.82, 2.24) is 5.32 Å². The Hall–Kier alpha value is -3.65. The molecule has 152 valence electrons. The van der Waals surface area contributed by atoms with E-state index in [1.54, 1.807) is 54.6 Å². The number of hydrogen-bond acceptors (Lipinski definition) is 5. The van der Waals surface area contributed by atoms with Crippen LogP contribution in [0.3, 0.4) is 0 Å². The number of carbonyl (C=O) groups is 3. The number of ether oxygens (including phenoxy) is 1. The minimum atomic E-state index is -0.589. The van der Waals surface area contributed by atoms with Gasteiger partial charge in [0.25, 0.3) is 11.8 Å². The molecule has 0 radical (unpaired) electrons. The van der Waals surface area contributed by atoms with Crippen LogP contribution >= 0.6 is 15.9 Å². The Bertz CT molecular complexity index is 1110. The van der Waals surface area contributed by atoms with Crippen LogP contribution in [-0.4, -0.2) is 24.9 Å². The smallest absolute Gasteiger partial charge is 0.337 e. The molecule has 1 aromatic heterocycles. The molecule has 8 heteroatoms. The topological polar surface area (TPSA) is 97.6 Å². The number of methoxy groups -OCH3 is 1. The van der Waals surface area contributed by atoms with Crippen molar-refractivity contribution in [3.05, 3.63) is 94.0 Å².